The fraction of sp³-hybridized carbons (Fsp3) is 0.263. The summed E-state index contributed by atoms with van der Waals surface area (Å²) in [6, 6.07) is 10.6. The highest BCUT2D eigenvalue weighted by Crippen LogP contribution is 2.27. The summed E-state index contributed by atoms with van der Waals surface area (Å²) >= 11 is 0. The number of aryl methyl sites for hydroxylation is 1. The second-order valence-corrected chi connectivity index (χ2v) is 6.34. The van der Waals surface area contributed by atoms with E-state index in [1.54, 1.807) is 41.4 Å². The van der Waals surface area contributed by atoms with Gasteiger partial charge in [0.15, 0.2) is 0 Å². The highest BCUT2D eigenvalue weighted by Gasteiger charge is 2.35. The molecule has 0 radical (unpaired) electrons. The van der Waals surface area contributed by atoms with Gasteiger partial charge in [-0.3, -0.25) is 14.4 Å². The first kappa shape index (κ1) is 17.6. The van der Waals surface area contributed by atoms with E-state index >= 15 is 0 Å². The third kappa shape index (κ3) is 4.05. The fourth-order valence-corrected chi connectivity index (χ4v) is 2.89. The molecule has 1 fully saturated rings. The second kappa shape index (κ2) is 7.35. The van der Waals surface area contributed by atoms with Crippen molar-refractivity contribution in [2.75, 3.05) is 22.1 Å². The van der Waals surface area contributed by atoms with Gasteiger partial charge in [-0.25, -0.2) is 4.98 Å². The van der Waals surface area contributed by atoms with E-state index in [0.717, 1.165) is 5.56 Å². The molecule has 0 saturated carbocycles. The van der Waals surface area contributed by atoms with E-state index in [1.165, 1.54) is 6.92 Å². The number of amides is 3. The Morgan fingerprint density at radius 1 is 1.15 bits per heavy atom. The van der Waals surface area contributed by atoms with Crippen molar-refractivity contribution in [1.29, 1.82) is 0 Å². The first-order chi connectivity index (χ1) is 12.4. The molecule has 1 saturated heterocycles. The van der Waals surface area contributed by atoms with Crippen LogP contribution in [0.1, 0.15) is 18.9 Å². The lowest BCUT2D eigenvalue weighted by molar-refractivity contribution is -0.122. The van der Waals surface area contributed by atoms with Crippen molar-refractivity contribution in [3.63, 3.8) is 0 Å². The highest BCUT2D eigenvalue weighted by atomic mass is 16.2. The molecule has 1 aliphatic rings. The van der Waals surface area contributed by atoms with Crippen LogP contribution in [0.4, 0.5) is 17.2 Å². The van der Waals surface area contributed by atoms with Crippen LogP contribution in [-0.4, -0.2) is 29.3 Å². The Hall–Kier alpha value is -3.22. The molecule has 7 nitrogen and oxygen atoms in total. The van der Waals surface area contributed by atoms with Crippen LogP contribution in [0.3, 0.4) is 0 Å². The monoisotopic (exact) mass is 352 g/mol. The zero-order valence-corrected chi connectivity index (χ0v) is 14.7. The van der Waals surface area contributed by atoms with Crippen molar-refractivity contribution < 1.29 is 14.4 Å². The highest BCUT2D eigenvalue weighted by molar-refractivity contribution is 6.03. The molecular formula is C19H20N4O3. The van der Waals surface area contributed by atoms with Crippen molar-refractivity contribution in [2.45, 2.75) is 20.3 Å². The first-order valence-corrected chi connectivity index (χ1v) is 8.34. The molecule has 1 atom stereocenters. The Morgan fingerprint density at radius 3 is 2.54 bits per heavy atom. The number of nitrogens with zero attached hydrogens (tertiary/aromatic N) is 2. The van der Waals surface area contributed by atoms with Gasteiger partial charge in [0.25, 0.3) is 0 Å². The van der Waals surface area contributed by atoms with E-state index in [0.29, 0.717) is 23.7 Å². The van der Waals surface area contributed by atoms with Gasteiger partial charge in [-0.2, -0.15) is 0 Å². The summed E-state index contributed by atoms with van der Waals surface area (Å²) in [4.78, 5) is 41.5. The van der Waals surface area contributed by atoms with Crippen LogP contribution >= 0.6 is 0 Å². The molecule has 26 heavy (non-hydrogen) atoms. The third-order valence-electron chi connectivity index (χ3n) is 4.16. The van der Waals surface area contributed by atoms with Crippen LogP contribution < -0.4 is 15.5 Å². The summed E-state index contributed by atoms with van der Waals surface area (Å²) in [5.74, 6) is -0.416. The molecule has 3 amide bonds. The molecule has 3 rings (SSSR count). The van der Waals surface area contributed by atoms with E-state index in [9.17, 15) is 14.4 Å². The number of aromatic nitrogens is 1. The van der Waals surface area contributed by atoms with Gasteiger partial charge >= 0.3 is 0 Å². The van der Waals surface area contributed by atoms with Crippen molar-refractivity contribution in [1.82, 2.24) is 4.98 Å². The molecule has 1 unspecified atom stereocenters. The molecule has 1 aliphatic heterocycles. The summed E-state index contributed by atoms with van der Waals surface area (Å²) in [5, 5.41) is 5.45. The number of hydrogen-bond acceptors (Lipinski definition) is 4. The SMILES string of the molecule is CC(=O)Nc1ccc(N2CC(C(=O)Nc3cc(C)ccn3)CC2=O)cc1. The van der Waals surface area contributed by atoms with E-state index in [-0.39, 0.29) is 24.1 Å². The van der Waals surface area contributed by atoms with Crippen LogP contribution in [0, 0.1) is 12.8 Å². The number of hydrogen-bond donors (Lipinski definition) is 2. The van der Waals surface area contributed by atoms with Crippen molar-refractivity contribution in [3.05, 3.63) is 48.2 Å². The van der Waals surface area contributed by atoms with Crippen LogP contribution in [0.5, 0.6) is 0 Å². The lowest BCUT2D eigenvalue weighted by Gasteiger charge is -2.17. The van der Waals surface area contributed by atoms with Crippen LogP contribution in [-0.2, 0) is 14.4 Å². The molecule has 7 heteroatoms. The summed E-state index contributed by atoms with van der Waals surface area (Å²) in [6.45, 7) is 3.67. The van der Waals surface area contributed by atoms with Gasteiger partial charge in [-0.05, 0) is 48.9 Å². The minimum absolute atomic E-state index is 0.102. The Labute approximate surface area is 151 Å². The first-order valence-electron chi connectivity index (χ1n) is 8.34. The van der Waals surface area contributed by atoms with E-state index in [2.05, 4.69) is 15.6 Å². The molecule has 2 heterocycles. The maximum atomic E-state index is 12.4. The molecule has 1 aromatic heterocycles. The van der Waals surface area contributed by atoms with Crippen molar-refractivity contribution >= 4 is 34.9 Å². The zero-order valence-electron chi connectivity index (χ0n) is 14.7. The van der Waals surface area contributed by atoms with Gasteiger partial charge in [0, 0.05) is 37.5 Å². The van der Waals surface area contributed by atoms with Crippen LogP contribution in [0.25, 0.3) is 0 Å². The molecule has 2 aromatic rings. The predicted molar refractivity (Wildman–Crippen MR) is 98.8 cm³/mol. The third-order valence-corrected chi connectivity index (χ3v) is 4.16. The summed E-state index contributed by atoms with van der Waals surface area (Å²) in [5.41, 5.74) is 2.36. The number of nitrogens with one attached hydrogen (secondary N) is 2. The Balaban J connectivity index is 1.66. The van der Waals surface area contributed by atoms with E-state index in [1.807, 2.05) is 13.0 Å². The van der Waals surface area contributed by atoms with Gasteiger partial charge in [0.05, 0.1) is 5.92 Å². The average Bonchev–Trinajstić information content (AvgIpc) is 2.97. The zero-order chi connectivity index (χ0) is 18.7. The van der Waals surface area contributed by atoms with Crippen LogP contribution in [0.15, 0.2) is 42.6 Å². The lowest BCUT2D eigenvalue weighted by Crippen LogP contribution is -2.28. The number of carbonyl (C=O) groups excluding carboxylic acids is 3. The van der Waals surface area contributed by atoms with Crippen LogP contribution in [0.2, 0.25) is 0 Å². The quantitative estimate of drug-likeness (QED) is 0.883. The summed E-state index contributed by atoms with van der Waals surface area (Å²) in [7, 11) is 0. The van der Waals surface area contributed by atoms with Crippen molar-refractivity contribution in [3.8, 4) is 0 Å². The molecule has 1 aromatic carbocycles. The normalized spacial score (nSPS) is 16.5. The Morgan fingerprint density at radius 2 is 1.88 bits per heavy atom. The van der Waals surface area contributed by atoms with E-state index in [4.69, 9.17) is 0 Å². The maximum absolute atomic E-state index is 12.4. The lowest BCUT2D eigenvalue weighted by atomic mass is 10.1. The van der Waals surface area contributed by atoms with Crippen molar-refractivity contribution in [2.24, 2.45) is 5.92 Å². The number of benzene rings is 1. The molecule has 2 N–H and O–H groups in total. The van der Waals surface area contributed by atoms with Gasteiger partial charge in [-0.1, -0.05) is 0 Å². The van der Waals surface area contributed by atoms with Gasteiger partial charge < -0.3 is 15.5 Å². The van der Waals surface area contributed by atoms with Gasteiger partial charge in [0.2, 0.25) is 17.7 Å². The predicted octanol–water partition coefficient (Wildman–Crippen LogP) is 2.34. The molecular weight excluding hydrogens is 332 g/mol. The fourth-order valence-electron chi connectivity index (χ4n) is 2.89. The standard InChI is InChI=1S/C19H20N4O3/c1-12-7-8-20-17(9-12)22-19(26)14-10-18(25)23(11-14)16-5-3-15(4-6-16)21-13(2)24/h3-9,14H,10-11H2,1-2H3,(H,21,24)(H,20,22,26). The molecule has 0 aliphatic carbocycles. The Bertz CT molecular complexity index is 848. The summed E-state index contributed by atoms with van der Waals surface area (Å²) < 4.78 is 0. The molecule has 0 bridgehead atoms. The number of pyridine rings is 1. The van der Waals surface area contributed by atoms with E-state index < -0.39 is 5.92 Å². The minimum atomic E-state index is -0.431. The maximum Gasteiger partial charge on any atom is 0.230 e. The Kier molecular flexibility index (Phi) is 4.97. The molecule has 134 valence electrons. The minimum Gasteiger partial charge on any atom is -0.326 e. The number of rotatable bonds is 4. The number of anilines is 3. The average molecular weight is 352 g/mol. The number of carbonyl (C=O) groups is 3. The second-order valence-electron chi connectivity index (χ2n) is 6.34. The summed E-state index contributed by atoms with van der Waals surface area (Å²) in [6.07, 6.45) is 1.79. The largest absolute Gasteiger partial charge is 0.326 e. The molecule has 0 spiro atoms. The van der Waals surface area contributed by atoms with Gasteiger partial charge in [0.1, 0.15) is 5.82 Å². The van der Waals surface area contributed by atoms with Gasteiger partial charge in [-0.15, -0.1) is 0 Å². The smallest absolute Gasteiger partial charge is 0.230 e. The topological polar surface area (TPSA) is 91.4 Å².